The SMILES string of the molecule is COc1cc(C(C(=O)N2CCCC2C(=O)O)[C@H]2C=CCCC2)cc(OC)c1OC. The molecule has 0 radical (unpaired) electrons. The largest absolute Gasteiger partial charge is 0.493 e. The second kappa shape index (κ2) is 9.20. The Labute approximate surface area is 171 Å². The molecule has 1 aliphatic carbocycles. The van der Waals surface area contributed by atoms with Crippen LogP contribution >= 0.6 is 0 Å². The number of amides is 1. The van der Waals surface area contributed by atoms with Crippen LogP contribution in [0.25, 0.3) is 0 Å². The van der Waals surface area contributed by atoms with E-state index >= 15 is 0 Å². The predicted octanol–water partition coefficient (Wildman–Crippen LogP) is 3.23. The third kappa shape index (κ3) is 4.18. The van der Waals surface area contributed by atoms with Gasteiger partial charge in [0.05, 0.1) is 27.2 Å². The molecule has 1 N–H and O–H groups in total. The summed E-state index contributed by atoms with van der Waals surface area (Å²) >= 11 is 0. The molecule has 1 heterocycles. The highest BCUT2D eigenvalue weighted by molar-refractivity contribution is 5.89. The molecule has 3 rings (SSSR count). The van der Waals surface area contributed by atoms with Crippen LogP contribution in [-0.2, 0) is 9.59 Å². The lowest BCUT2D eigenvalue weighted by Gasteiger charge is -2.32. The van der Waals surface area contributed by atoms with Gasteiger partial charge in [0.1, 0.15) is 6.04 Å². The fourth-order valence-corrected chi connectivity index (χ4v) is 4.44. The van der Waals surface area contributed by atoms with Crippen molar-refractivity contribution in [1.82, 2.24) is 4.90 Å². The Morgan fingerprint density at radius 3 is 2.28 bits per heavy atom. The Bertz CT molecular complexity index is 765. The second-order valence-corrected chi connectivity index (χ2v) is 7.49. The van der Waals surface area contributed by atoms with E-state index in [-0.39, 0.29) is 11.8 Å². The number of carboxylic acid groups (broad SMARTS) is 1. The molecule has 7 heteroatoms. The number of rotatable bonds is 7. The minimum absolute atomic E-state index is 0.00546. The maximum atomic E-state index is 13.6. The van der Waals surface area contributed by atoms with E-state index in [1.165, 1.54) is 12.0 Å². The van der Waals surface area contributed by atoms with Crippen LogP contribution in [0.1, 0.15) is 43.6 Å². The van der Waals surface area contributed by atoms with Gasteiger partial charge in [-0.1, -0.05) is 12.2 Å². The molecule has 7 nitrogen and oxygen atoms in total. The molecular formula is C22H29NO6. The van der Waals surface area contributed by atoms with E-state index in [1.54, 1.807) is 26.4 Å². The summed E-state index contributed by atoms with van der Waals surface area (Å²) in [6, 6.07) is 2.84. The zero-order valence-electron chi connectivity index (χ0n) is 17.2. The number of likely N-dealkylation sites (tertiary alicyclic amines) is 1. The molecule has 1 aliphatic heterocycles. The van der Waals surface area contributed by atoms with Crippen LogP contribution in [0, 0.1) is 5.92 Å². The highest BCUT2D eigenvalue weighted by atomic mass is 16.5. The molecule has 0 saturated carbocycles. The van der Waals surface area contributed by atoms with Crippen molar-refractivity contribution in [2.75, 3.05) is 27.9 Å². The van der Waals surface area contributed by atoms with Crippen molar-refractivity contribution in [3.05, 3.63) is 29.8 Å². The Morgan fingerprint density at radius 2 is 1.76 bits per heavy atom. The number of hydrogen-bond acceptors (Lipinski definition) is 5. The Morgan fingerprint density at radius 1 is 1.07 bits per heavy atom. The first-order valence-corrected chi connectivity index (χ1v) is 10.0. The highest BCUT2D eigenvalue weighted by Gasteiger charge is 2.40. The zero-order valence-corrected chi connectivity index (χ0v) is 17.2. The van der Waals surface area contributed by atoms with Crippen LogP contribution in [0.2, 0.25) is 0 Å². The predicted molar refractivity (Wildman–Crippen MR) is 108 cm³/mol. The van der Waals surface area contributed by atoms with Crippen molar-refractivity contribution in [3.8, 4) is 17.2 Å². The Kier molecular flexibility index (Phi) is 6.67. The topological polar surface area (TPSA) is 85.3 Å². The Balaban J connectivity index is 2.07. The molecule has 0 spiro atoms. The number of carboxylic acids is 1. The molecule has 0 aromatic heterocycles. The molecule has 2 unspecified atom stereocenters. The van der Waals surface area contributed by atoms with Gasteiger partial charge in [-0.2, -0.15) is 0 Å². The highest BCUT2D eigenvalue weighted by Crippen LogP contribution is 2.44. The van der Waals surface area contributed by atoms with Gasteiger partial charge in [0.25, 0.3) is 0 Å². The van der Waals surface area contributed by atoms with Crippen molar-refractivity contribution in [2.24, 2.45) is 5.92 Å². The summed E-state index contributed by atoms with van der Waals surface area (Å²) in [4.78, 5) is 26.8. The van der Waals surface area contributed by atoms with Crippen molar-refractivity contribution >= 4 is 11.9 Å². The molecule has 1 aromatic rings. The summed E-state index contributed by atoms with van der Waals surface area (Å²) in [6.45, 7) is 0.465. The van der Waals surface area contributed by atoms with Crippen molar-refractivity contribution in [2.45, 2.75) is 44.1 Å². The monoisotopic (exact) mass is 403 g/mol. The molecule has 1 aromatic carbocycles. The maximum Gasteiger partial charge on any atom is 0.326 e. The number of carbonyl (C=O) groups is 2. The number of aliphatic carboxylic acids is 1. The van der Waals surface area contributed by atoms with Gasteiger partial charge < -0.3 is 24.2 Å². The molecule has 1 fully saturated rings. The normalized spacial score (nSPS) is 22.2. The van der Waals surface area contributed by atoms with Crippen molar-refractivity contribution in [1.29, 1.82) is 0 Å². The van der Waals surface area contributed by atoms with E-state index in [9.17, 15) is 14.7 Å². The standard InChI is InChI=1S/C22H29NO6/c1-27-17-12-15(13-18(28-2)20(17)29-3)19(14-8-5-4-6-9-14)21(24)23-11-7-10-16(23)22(25)26/h5,8,12-14,16,19H,4,6-7,9-11H2,1-3H3,(H,25,26)/t14-,16?,19?/m0/s1. The minimum Gasteiger partial charge on any atom is -0.493 e. The third-order valence-corrected chi connectivity index (χ3v) is 5.85. The van der Waals surface area contributed by atoms with E-state index in [1.807, 2.05) is 0 Å². The lowest BCUT2D eigenvalue weighted by atomic mass is 9.79. The van der Waals surface area contributed by atoms with Gasteiger partial charge >= 0.3 is 5.97 Å². The number of hydrogen-bond donors (Lipinski definition) is 1. The summed E-state index contributed by atoms with van der Waals surface area (Å²) < 4.78 is 16.4. The minimum atomic E-state index is -0.946. The number of benzene rings is 1. The molecule has 0 bridgehead atoms. The molecule has 158 valence electrons. The number of allylic oxidation sites excluding steroid dienone is 2. The lowest BCUT2D eigenvalue weighted by Crippen LogP contribution is -2.44. The molecular weight excluding hydrogens is 374 g/mol. The van der Waals surface area contributed by atoms with Crippen LogP contribution in [0.15, 0.2) is 24.3 Å². The summed E-state index contributed by atoms with van der Waals surface area (Å²) in [5.74, 6) is -0.172. The van der Waals surface area contributed by atoms with Gasteiger partial charge in [-0.3, -0.25) is 4.79 Å². The average Bonchev–Trinajstić information content (AvgIpc) is 3.24. The lowest BCUT2D eigenvalue weighted by molar-refractivity contribution is -0.149. The van der Waals surface area contributed by atoms with E-state index < -0.39 is 17.9 Å². The quantitative estimate of drug-likeness (QED) is 0.704. The van der Waals surface area contributed by atoms with Gasteiger partial charge in [0, 0.05) is 6.54 Å². The van der Waals surface area contributed by atoms with E-state index in [4.69, 9.17) is 14.2 Å². The van der Waals surface area contributed by atoms with E-state index in [0.29, 0.717) is 36.6 Å². The first-order chi connectivity index (χ1) is 14.0. The Hall–Kier alpha value is -2.70. The van der Waals surface area contributed by atoms with E-state index in [2.05, 4.69) is 12.2 Å². The first kappa shape index (κ1) is 21.0. The first-order valence-electron chi connectivity index (χ1n) is 10.0. The third-order valence-electron chi connectivity index (χ3n) is 5.85. The van der Waals surface area contributed by atoms with E-state index in [0.717, 1.165) is 24.8 Å². The molecule has 29 heavy (non-hydrogen) atoms. The van der Waals surface area contributed by atoms with Crippen LogP contribution < -0.4 is 14.2 Å². The van der Waals surface area contributed by atoms with Crippen LogP contribution in [0.5, 0.6) is 17.2 Å². The number of ether oxygens (including phenoxy) is 3. The maximum absolute atomic E-state index is 13.6. The van der Waals surface area contributed by atoms with Gasteiger partial charge in [0.15, 0.2) is 11.5 Å². The van der Waals surface area contributed by atoms with Crippen LogP contribution in [-0.4, -0.2) is 55.8 Å². The van der Waals surface area contributed by atoms with Gasteiger partial charge in [-0.25, -0.2) is 4.79 Å². The average molecular weight is 403 g/mol. The molecule has 1 saturated heterocycles. The van der Waals surface area contributed by atoms with Crippen molar-refractivity contribution in [3.63, 3.8) is 0 Å². The second-order valence-electron chi connectivity index (χ2n) is 7.49. The van der Waals surface area contributed by atoms with Crippen LogP contribution in [0.3, 0.4) is 0 Å². The smallest absolute Gasteiger partial charge is 0.326 e. The summed E-state index contributed by atoms with van der Waals surface area (Å²) in [5, 5.41) is 9.56. The number of carbonyl (C=O) groups excluding carboxylic acids is 1. The molecule has 3 atom stereocenters. The number of nitrogens with zero attached hydrogens (tertiary/aromatic N) is 1. The zero-order chi connectivity index (χ0) is 21.0. The fourth-order valence-electron chi connectivity index (χ4n) is 4.44. The van der Waals surface area contributed by atoms with Crippen molar-refractivity contribution < 1.29 is 28.9 Å². The molecule has 2 aliphatic rings. The van der Waals surface area contributed by atoms with Gasteiger partial charge in [-0.05, 0) is 55.7 Å². The number of methoxy groups -OCH3 is 3. The summed E-state index contributed by atoms with van der Waals surface area (Å²) in [5.41, 5.74) is 0.747. The summed E-state index contributed by atoms with van der Waals surface area (Å²) in [6.07, 6.45) is 8.24. The van der Waals surface area contributed by atoms with Crippen LogP contribution in [0.4, 0.5) is 0 Å². The molecule has 1 amide bonds. The summed E-state index contributed by atoms with van der Waals surface area (Å²) in [7, 11) is 4.62. The van der Waals surface area contributed by atoms with Gasteiger partial charge in [0.2, 0.25) is 11.7 Å². The fraction of sp³-hybridized carbons (Fsp3) is 0.545. The van der Waals surface area contributed by atoms with Gasteiger partial charge in [-0.15, -0.1) is 0 Å².